The fraction of sp³-hybridized carbons (Fsp3) is 0.400. The molecule has 0 fully saturated rings. The van der Waals surface area contributed by atoms with Crippen LogP contribution < -0.4 is 4.74 Å². The number of aromatic nitrogens is 2. The number of benzene rings is 1. The lowest BCUT2D eigenvalue weighted by Gasteiger charge is -2.14. The molecular weight excluding hydrogens is 240 g/mol. The first-order valence-electron chi connectivity index (χ1n) is 6.33. The summed E-state index contributed by atoms with van der Waals surface area (Å²) in [6.07, 6.45) is 1.68. The number of aliphatic hydroxyl groups is 1. The fourth-order valence-electron chi connectivity index (χ4n) is 2.23. The summed E-state index contributed by atoms with van der Waals surface area (Å²) in [5.74, 6) is 0.811. The monoisotopic (exact) mass is 260 g/mol. The summed E-state index contributed by atoms with van der Waals surface area (Å²) in [5.41, 5.74) is 4.02. The summed E-state index contributed by atoms with van der Waals surface area (Å²) in [4.78, 5) is 0. The van der Waals surface area contributed by atoms with Crippen molar-refractivity contribution >= 4 is 0 Å². The van der Waals surface area contributed by atoms with Gasteiger partial charge in [-0.15, -0.1) is 0 Å². The Kier molecular flexibility index (Phi) is 3.90. The molecule has 0 aliphatic rings. The number of rotatable bonds is 4. The molecule has 0 amide bonds. The Morgan fingerprint density at radius 3 is 2.68 bits per heavy atom. The SMILES string of the molecule is COc1ccc(C)cc1CC(O)c1cnn(C)c1C. The maximum Gasteiger partial charge on any atom is 0.122 e. The Morgan fingerprint density at radius 1 is 1.37 bits per heavy atom. The second-order valence-corrected chi connectivity index (χ2v) is 4.84. The topological polar surface area (TPSA) is 47.3 Å². The third-order valence-electron chi connectivity index (χ3n) is 3.48. The van der Waals surface area contributed by atoms with E-state index in [0.29, 0.717) is 6.42 Å². The van der Waals surface area contributed by atoms with E-state index in [1.165, 1.54) is 0 Å². The lowest BCUT2D eigenvalue weighted by atomic mass is 10.00. The van der Waals surface area contributed by atoms with Crippen LogP contribution in [0.1, 0.15) is 28.5 Å². The molecule has 0 spiro atoms. The summed E-state index contributed by atoms with van der Waals surface area (Å²) >= 11 is 0. The highest BCUT2D eigenvalue weighted by Gasteiger charge is 2.16. The molecule has 1 aromatic carbocycles. The summed E-state index contributed by atoms with van der Waals surface area (Å²) in [7, 11) is 3.52. The van der Waals surface area contributed by atoms with E-state index >= 15 is 0 Å². The summed E-state index contributed by atoms with van der Waals surface area (Å²) < 4.78 is 7.11. The van der Waals surface area contributed by atoms with Crippen LogP contribution in [0, 0.1) is 13.8 Å². The molecule has 1 aromatic heterocycles. The number of hydrogen-bond donors (Lipinski definition) is 1. The molecule has 2 rings (SSSR count). The molecule has 0 radical (unpaired) electrons. The van der Waals surface area contributed by atoms with Gasteiger partial charge in [0, 0.05) is 24.7 Å². The highest BCUT2D eigenvalue weighted by molar-refractivity contribution is 5.38. The maximum atomic E-state index is 10.4. The summed E-state index contributed by atoms with van der Waals surface area (Å²) in [6, 6.07) is 5.99. The summed E-state index contributed by atoms with van der Waals surface area (Å²) in [5, 5.41) is 14.5. The van der Waals surface area contributed by atoms with E-state index in [1.807, 2.05) is 39.1 Å². The third kappa shape index (κ3) is 2.79. The van der Waals surface area contributed by atoms with Gasteiger partial charge in [-0.25, -0.2) is 0 Å². The first-order chi connectivity index (χ1) is 9.02. The van der Waals surface area contributed by atoms with Gasteiger partial charge in [-0.3, -0.25) is 4.68 Å². The Hall–Kier alpha value is -1.81. The number of ether oxygens (including phenoxy) is 1. The van der Waals surface area contributed by atoms with Gasteiger partial charge in [-0.1, -0.05) is 17.7 Å². The first-order valence-corrected chi connectivity index (χ1v) is 6.33. The zero-order valence-electron chi connectivity index (χ0n) is 11.8. The van der Waals surface area contributed by atoms with E-state index in [4.69, 9.17) is 4.74 Å². The first kappa shape index (κ1) is 13.6. The van der Waals surface area contributed by atoms with Crippen molar-refractivity contribution in [3.63, 3.8) is 0 Å². The molecule has 102 valence electrons. The Morgan fingerprint density at radius 2 is 2.11 bits per heavy atom. The third-order valence-corrected chi connectivity index (χ3v) is 3.48. The van der Waals surface area contributed by atoms with Crippen LogP contribution >= 0.6 is 0 Å². The lowest BCUT2D eigenvalue weighted by Crippen LogP contribution is -2.05. The van der Waals surface area contributed by atoms with E-state index in [2.05, 4.69) is 5.10 Å². The van der Waals surface area contributed by atoms with Crippen molar-refractivity contribution in [2.24, 2.45) is 7.05 Å². The standard InChI is InChI=1S/C15H20N2O2/c1-10-5-6-15(19-4)12(7-10)8-14(18)13-9-16-17(3)11(13)2/h5-7,9,14,18H,8H2,1-4H3. The van der Waals surface area contributed by atoms with Gasteiger partial charge in [-0.05, 0) is 25.5 Å². The second-order valence-electron chi connectivity index (χ2n) is 4.84. The molecule has 4 nitrogen and oxygen atoms in total. The largest absolute Gasteiger partial charge is 0.496 e. The zero-order valence-corrected chi connectivity index (χ0v) is 11.8. The average Bonchev–Trinajstić information content (AvgIpc) is 2.70. The number of hydrogen-bond acceptors (Lipinski definition) is 3. The van der Waals surface area contributed by atoms with Crippen LogP contribution in [0.25, 0.3) is 0 Å². The number of nitrogens with zero attached hydrogens (tertiary/aromatic N) is 2. The van der Waals surface area contributed by atoms with Crippen molar-refractivity contribution in [2.45, 2.75) is 26.4 Å². The van der Waals surface area contributed by atoms with Crippen LogP contribution in [0.15, 0.2) is 24.4 Å². The molecule has 0 saturated carbocycles. The highest BCUT2D eigenvalue weighted by atomic mass is 16.5. The molecule has 0 bridgehead atoms. The molecule has 19 heavy (non-hydrogen) atoms. The van der Waals surface area contributed by atoms with Crippen LogP contribution in [0.5, 0.6) is 5.75 Å². The number of methoxy groups -OCH3 is 1. The van der Waals surface area contributed by atoms with Crippen molar-refractivity contribution in [2.75, 3.05) is 7.11 Å². The van der Waals surface area contributed by atoms with Gasteiger partial charge >= 0.3 is 0 Å². The summed E-state index contributed by atoms with van der Waals surface area (Å²) in [6.45, 7) is 3.99. The van der Waals surface area contributed by atoms with Gasteiger partial charge in [0.15, 0.2) is 0 Å². The van der Waals surface area contributed by atoms with Gasteiger partial charge in [0.25, 0.3) is 0 Å². The quantitative estimate of drug-likeness (QED) is 0.917. The van der Waals surface area contributed by atoms with Crippen molar-refractivity contribution in [3.05, 3.63) is 46.8 Å². The lowest BCUT2D eigenvalue weighted by molar-refractivity contribution is 0.176. The van der Waals surface area contributed by atoms with Crippen molar-refractivity contribution in [1.29, 1.82) is 0 Å². The number of aryl methyl sites for hydroxylation is 2. The molecule has 0 saturated heterocycles. The van der Waals surface area contributed by atoms with Crippen LogP contribution in [-0.2, 0) is 13.5 Å². The van der Waals surface area contributed by atoms with Gasteiger partial charge < -0.3 is 9.84 Å². The molecule has 1 heterocycles. The van der Waals surface area contributed by atoms with Crippen molar-refractivity contribution in [3.8, 4) is 5.75 Å². The van der Waals surface area contributed by atoms with Crippen LogP contribution in [0.3, 0.4) is 0 Å². The van der Waals surface area contributed by atoms with Crippen LogP contribution in [-0.4, -0.2) is 22.0 Å². The van der Waals surface area contributed by atoms with Crippen LogP contribution in [0.4, 0.5) is 0 Å². The molecule has 1 atom stereocenters. The van der Waals surface area contributed by atoms with Crippen molar-refractivity contribution in [1.82, 2.24) is 9.78 Å². The Balaban J connectivity index is 2.26. The predicted octanol–water partition coefficient (Wildman–Crippen LogP) is 2.32. The Bertz CT molecular complexity index is 576. The fourth-order valence-corrected chi connectivity index (χ4v) is 2.23. The van der Waals surface area contributed by atoms with Crippen molar-refractivity contribution < 1.29 is 9.84 Å². The van der Waals surface area contributed by atoms with Gasteiger partial charge in [-0.2, -0.15) is 5.10 Å². The molecular formula is C15H20N2O2. The van der Waals surface area contributed by atoms with E-state index < -0.39 is 6.10 Å². The van der Waals surface area contributed by atoms with Gasteiger partial charge in [0.2, 0.25) is 0 Å². The maximum absolute atomic E-state index is 10.4. The van der Waals surface area contributed by atoms with Gasteiger partial charge in [0.1, 0.15) is 5.75 Å². The van der Waals surface area contributed by atoms with E-state index in [9.17, 15) is 5.11 Å². The predicted molar refractivity (Wildman–Crippen MR) is 74.3 cm³/mol. The van der Waals surface area contributed by atoms with Crippen LogP contribution in [0.2, 0.25) is 0 Å². The zero-order chi connectivity index (χ0) is 14.0. The molecule has 1 N–H and O–H groups in total. The second kappa shape index (κ2) is 5.45. The molecule has 1 unspecified atom stereocenters. The number of aliphatic hydroxyl groups excluding tert-OH is 1. The molecule has 2 aromatic rings. The minimum Gasteiger partial charge on any atom is -0.496 e. The minimum absolute atomic E-state index is 0.525. The minimum atomic E-state index is -0.565. The van der Waals surface area contributed by atoms with E-state index in [0.717, 1.165) is 28.1 Å². The van der Waals surface area contributed by atoms with E-state index in [-0.39, 0.29) is 0 Å². The molecule has 4 heteroatoms. The van der Waals surface area contributed by atoms with E-state index in [1.54, 1.807) is 18.0 Å². The normalized spacial score (nSPS) is 12.5. The average molecular weight is 260 g/mol. The smallest absolute Gasteiger partial charge is 0.122 e. The Labute approximate surface area is 113 Å². The molecule has 0 aliphatic carbocycles. The van der Waals surface area contributed by atoms with Gasteiger partial charge in [0.05, 0.1) is 19.4 Å². The molecule has 0 aliphatic heterocycles. The highest BCUT2D eigenvalue weighted by Crippen LogP contribution is 2.27.